The van der Waals surface area contributed by atoms with Gasteiger partial charge in [-0.05, 0) is 6.92 Å². The molecule has 0 saturated carbocycles. The summed E-state index contributed by atoms with van der Waals surface area (Å²) in [4.78, 5) is 15.0. The molecule has 0 spiro atoms. The quantitative estimate of drug-likeness (QED) is 0.776. The zero-order valence-electron chi connectivity index (χ0n) is 7.34. The molecule has 1 aromatic heterocycles. The Morgan fingerprint density at radius 3 is 3.08 bits per heavy atom. The number of aryl methyl sites for hydroxylation is 1. The van der Waals surface area contributed by atoms with Crippen LogP contribution in [0.1, 0.15) is 10.7 Å². The molecule has 5 heteroatoms. The van der Waals surface area contributed by atoms with Crippen LogP contribution in [-0.4, -0.2) is 23.3 Å². The molecule has 0 aliphatic carbocycles. The molecular weight excluding hydrogens is 208 g/mol. The van der Waals surface area contributed by atoms with Gasteiger partial charge in [-0.1, -0.05) is 0 Å². The lowest BCUT2D eigenvalue weighted by atomic mass is 10.3. The van der Waals surface area contributed by atoms with Gasteiger partial charge in [0, 0.05) is 18.3 Å². The number of rotatable bonds is 4. The summed E-state index contributed by atoms with van der Waals surface area (Å²) in [6, 6.07) is 0. The standard InChI is InChI=1S/C8H11ClN2OS/c1-6-11-7(5-13-6)2-3-10-8(12)4-9/h5H,2-4H2,1H3,(H,10,12). The molecule has 0 saturated heterocycles. The minimum absolute atomic E-state index is 0.0239. The SMILES string of the molecule is Cc1nc(CCNC(=O)CCl)cs1. The maximum atomic E-state index is 10.7. The number of thiazole rings is 1. The van der Waals surface area contributed by atoms with E-state index in [0.29, 0.717) is 6.54 Å². The molecule has 0 aliphatic rings. The van der Waals surface area contributed by atoms with Gasteiger partial charge in [0.25, 0.3) is 0 Å². The summed E-state index contributed by atoms with van der Waals surface area (Å²) >= 11 is 6.93. The number of alkyl halides is 1. The van der Waals surface area contributed by atoms with Gasteiger partial charge in [0.2, 0.25) is 5.91 Å². The van der Waals surface area contributed by atoms with Crippen molar-refractivity contribution in [2.75, 3.05) is 12.4 Å². The molecule has 0 unspecified atom stereocenters. The largest absolute Gasteiger partial charge is 0.355 e. The Kier molecular flexibility index (Phi) is 4.18. The van der Waals surface area contributed by atoms with Crippen LogP contribution in [0.15, 0.2) is 5.38 Å². The first-order valence-electron chi connectivity index (χ1n) is 3.96. The lowest BCUT2D eigenvalue weighted by Crippen LogP contribution is -2.26. The summed E-state index contributed by atoms with van der Waals surface area (Å²) in [5.74, 6) is -0.107. The molecule has 1 heterocycles. The van der Waals surface area contributed by atoms with E-state index in [9.17, 15) is 4.79 Å². The predicted octanol–water partition coefficient (Wildman–Crippen LogP) is 1.35. The molecule has 72 valence electrons. The van der Waals surface area contributed by atoms with E-state index in [1.54, 1.807) is 11.3 Å². The number of nitrogens with one attached hydrogen (secondary N) is 1. The number of hydrogen-bond acceptors (Lipinski definition) is 3. The summed E-state index contributed by atoms with van der Waals surface area (Å²) in [7, 11) is 0. The van der Waals surface area contributed by atoms with E-state index < -0.39 is 0 Å². The van der Waals surface area contributed by atoms with Gasteiger partial charge >= 0.3 is 0 Å². The van der Waals surface area contributed by atoms with Gasteiger partial charge in [0.05, 0.1) is 10.7 Å². The predicted molar refractivity (Wildman–Crippen MR) is 54.3 cm³/mol. The number of carbonyl (C=O) groups excluding carboxylic acids is 1. The van der Waals surface area contributed by atoms with Crippen LogP contribution < -0.4 is 5.32 Å². The van der Waals surface area contributed by atoms with Crippen LogP contribution in [0.4, 0.5) is 0 Å². The lowest BCUT2D eigenvalue weighted by Gasteiger charge is -1.99. The molecule has 1 aromatic rings. The molecule has 3 nitrogen and oxygen atoms in total. The minimum atomic E-state index is -0.131. The van der Waals surface area contributed by atoms with E-state index in [0.717, 1.165) is 17.1 Å². The molecule has 13 heavy (non-hydrogen) atoms. The van der Waals surface area contributed by atoms with Crippen molar-refractivity contribution in [1.29, 1.82) is 0 Å². The Balaban J connectivity index is 2.24. The molecular formula is C8H11ClN2OS. The van der Waals surface area contributed by atoms with Gasteiger partial charge in [-0.2, -0.15) is 0 Å². The molecule has 0 aromatic carbocycles. The summed E-state index contributed by atoms with van der Waals surface area (Å²) < 4.78 is 0. The summed E-state index contributed by atoms with van der Waals surface area (Å²) in [6.45, 7) is 2.57. The van der Waals surface area contributed by atoms with Crippen molar-refractivity contribution in [3.63, 3.8) is 0 Å². The third kappa shape index (κ3) is 3.74. The molecule has 1 rings (SSSR count). The molecule has 1 amide bonds. The molecule has 0 radical (unpaired) electrons. The normalized spacial score (nSPS) is 10.0. The Hall–Kier alpha value is -0.610. The number of amides is 1. The Morgan fingerprint density at radius 1 is 1.77 bits per heavy atom. The van der Waals surface area contributed by atoms with Crippen LogP contribution in [-0.2, 0) is 11.2 Å². The number of aromatic nitrogens is 1. The van der Waals surface area contributed by atoms with Crippen LogP contribution in [0.3, 0.4) is 0 Å². The first-order chi connectivity index (χ1) is 6.22. The van der Waals surface area contributed by atoms with Gasteiger partial charge in [0.15, 0.2) is 0 Å². The molecule has 0 aliphatic heterocycles. The van der Waals surface area contributed by atoms with Crippen LogP contribution >= 0.6 is 22.9 Å². The van der Waals surface area contributed by atoms with Gasteiger partial charge < -0.3 is 5.32 Å². The van der Waals surface area contributed by atoms with Gasteiger partial charge in [-0.25, -0.2) is 4.98 Å². The van der Waals surface area contributed by atoms with E-state index in [1.165, 1.54) is 0 Å². The average Bonchev–Trinajstić information content (AvgIpc) is 2.51. The topological polar surface area (TPSA) is 42.0 Å². The van der Waals surface area contributed by atoms with Gasteiger partial charge in [0.1, 0.15) is 5.88 Å². The third-order valence-electron chi connectivity index (χ3n) is 1.49. The highest BCUT2D eigenvalue weighted by Crippen LogP contribution is 2.07. The van der Waals surface area contributed by atoms with Gasteiger partial charge in [-0.15, -0.1) is 22.9 Å². The molecule has 0 bridgehead atoms. The van der Waals surface area contributed by atoms with E-state index >= 15 is 0 Å². The van der Waals surface area contributed by atoms with Crippen molar-refractivity contribution < 1.29 is 4.79 Å². The smallest absolute Gasteiger partial charge is 0.234 e. The maximum absolute atomic E-state index is 10.7. The van der Waals surface area contributed by atoms with Crippen molar-refractivity contribution in [3.05, 3.63) is 16.1 Å². The van der Waals surface area contributed by atoms with Crippen LogP contribution in [0.5, 0.6) is 0 Å². The first kappa shape index (κ1) is 10.5. The Labute approximate surface area is 86.1 Å². The van der Waals surface area contributed by atoms with E-state index in [4.69, 9.17) is 11.6 Å². The molecule has 0 fully saturated rings. The molecule has 0 atom stereocenters. The first-order valence-corrected chi connectivity index (χ1v) is 5.37. The second-order valence-electron chi connectivity index (χ2n) is 2.59. The maximum Gasteiger partial charge on any atom is 0.234 e. The fourth-order valence-corrected chi connectivity index (χ4v) is 1.64. The van der Waals surface area contributed by atoms with E-state index in [2.05, 4.69) is 10.3 Å². The second-order valence-corrected chi connectivity index (χ2v) is 3.92. The van der Waals surface area contributed by atoms with Crippen molar-refractivity contribution in [2.45, 2.75) is 13.3 Å². The Morgan fingerprint density at radius 2 is 2.54 bits per heavy atom. The minimum Gasteiger partial charge on any atom is -0.355 e. The highest BCUT2D eigenvalue weighted by Gasteiger charge is 2.00. The van der Waals surface area contributed by atoms with E-state index in [-0.39, 0.29) is 11.8 Å². The van der Waals surface area contributed by atoms with Crippen LogP contribution in [0.2, 0.25) is 0 Å². The molecule has 1 N–H and O–H groups in total. The number of hydrogen-bond donors (Lipinski definition) is 1. The average molecular weight is 219 g/mol. The lowest BCUT2D eigenvalue weighted by molar-refractivity contribution is -0.118. The van der Waals surface area contributed by atoms with Crippen molar-refractivity contribution in [1.82, 2.24) is 10.3 Å². The Bertz CT molecular complexity index is 287. The highest BCUT2D eigenvalue weighted by molar-refractivity contribution is 7.09. The zero-order chi connectivity index (χ0) is 9.68. The van der Waals surface area contributed by atoms with Crippen LogP contribution in [0, 0.1) is 6.92 Å². The highest BCUT2D eigenvalue weighted by atomic mass is 35.5. The van der Waals surface area contributed by atoms with Crippen molar-refractivity contribution in [3.8, 4) is 0 Å². The fourth-order valence-electron chi connectivity index (χ4n) is 0.900. The summed E-state index contributed by atoms with van der Waals surface area (Å²) in [6.07, 6.45) is 0.771. The van der Waals surface area contributed by atoms with Crippen LogP contribution in [0.25, 0.3) is 0 Å². The fraction of sp³-hybridized carbons (Fsp3) is 0.500. The second kappa shape index (κ2) is 5.19. The monoisotopic (exact) mass is 218 g/mol. The summed E-state index contributed by atoms with van der Waals surface area (Å²) in [5, 5.41) is 5.74. The van der Waals surface area contributed by atoms with Crippen molar-refractivity contribution in [2.24, 2.45) is 0 Å². The van der Waals surface area contributed by atoms with E-state index in [1.807, 2.05) is 12.3 Å². The van der Waals surface area contributed by atoms with Crippen molar-refractivity contribution >= 4 is 28.8 Å². The number of halogens is 1. The summed E-state index contributed by atoms with van der Waals surface area (Å²) in [5.41, 5.74) is 1.03. The number of nitrogens with zero attached hydrogens (tertiary/aromatic N) is 1. The number of carbonyl (C=O) groups is 1. The van der Waals surface area contributed by atoms with Gasteiger partial charge in [-0.3, -0.25) is 4.79 Å². The third-order valence-corrected chi connectivity index (χ3v) is 2.56. The zero-order valence-corrected chi connectivity index (χ0v) is 8.91.